The quantitative estimate of drug-likeness (QED) is 0.668. The smallest absolute Gasteiger partial charge is 0.243 e. The first kappa shape index (κ1) is 20.2. The van der Waals surface area contributed by atoms with Crippen molar-refractivity contribution in [3.8, 4) is 0 Å². The van der Waals surface area contributed by atoms with Crippen molar-refractivity contribution in [1.29, 1.82) is 0 Å². The lowest BCUT2D eigenvalue weighted by atomic mass is 10.3. The first-order chi connectivity index (χ1) is 14.4. The van der Waals surface area contributed by atoms with Crippen LogP contribution in [0.15, 0.2) is 59.6 Å². The van der Waals surface area contributed by atoms with Crippen molar-refractivity contribution in [2.24, 2.45) is 0 Å². The van der Waals surface area contributed by atoms with Gasteiger partial charge in [0.1, 0.15) is 29.1 Å². The van der Waals surface area contributed by atoms with Crippen molar-refractivity contribution in [3.63, 3.8) is 0 Å². The molecule has 0 radical (unpaired) electrons. The number of hydrogen-bond acceptors (Lipinski definition) is 7. The Bertz CT molecular complexity index is 1140. The van der Waals surface area contributed by atoms with E-state index in [4.69, 9.17) is 0 Å². The summed E-state index contributed by atoms with van der Waals surface area (Å²) in [6, 6.07) is 12.5. The molecule has 156 valence electrons. The summed E-state index contributed by atoms with van der Waals surface area (Å²) in [6.45, 7) is 3.30. The van der Waals surface area contributed by atoms with Crippen LogP contribution in [0.3, 0.4) is 0 Å². The number of nitrogens with one attached hydrogen (secondary N) is 1. The Morgan fingerprint density at radius 3 is 2.47 bits per heavy atom. The molecule has 0 bridgehead atoms. The Morgan fingerprint density at radius 1 is 0.967 bits per heavy atom. The second-order valence-electron chi connectivity index (χ2n) is 6.85. The monoisotopic (exact) mass is 428 g/mol. The van der Waals surface area contributed by atoms with E-state index in [1.54, 1.807) is 13.1 Å². The van der Waals surface area contributed by atoms with E-state index >= 15 is 0 Å². The summed E-state index contributed by atoms with van der Waals surface area (Å²) in [5.41, 5.74) is 0. The summed E-state index contributed by atoms with van der Waals surface area (Å²) in [5, 5.41) is 3.15. The minimum absolute atomic E-state index is 0.0318. The zero-order valence-corrected chi connectivity index (χ0v) is 17.2. The molecule has 30 heavy (non-hydrogen) atoms. The summed E-state index contributed by atoms with van der Waals surface area (Å²) in [6.07, 6.45) is 1.69. The summed E-state index contributed by atoms with van der Waals surface area (Å²) in [7, 11) is -3.73. The zero-order valence-electron chi connectivity index (χ0n) is 16.4. The maximum Gasteiger partial charge on any atom is 0.243 e. The van der Waals surface area contributed by atoms with Gasteiger partial charge >= 0.3 is 0 Å². The average Bonchev–Trinajstić information content (AvgIpc) is 2.74. The van der Waals surface area contributed by atoms with Crippen molar-refractivity contribution < 1.29 is 12.8 Å². The molecule has 1 aliphatic heterocycles. The minimum Gasteiger partial charge on any atom is -0.354 e. The van der Waals surface area contributed by atoms with Gasteiger partial charge in [-0.05, 0) is 37.3 Å². The highest BCUT2D eigenvalue weighted by Crippen LogP contribution is 2.23. The van der Waals surface area contributed by atoms with Gasteiger partial charge in [0.05, 0.1) is 4.90 Å². The number of halogens is 1. The first-order valence-corrected chi connectivity index (χ1v) is 10.9. The molecule has 0 aliphatic carbocycles. The molecule has 0 saturated carbocycles. The standard InChI is InChI=1S/C20H21FN6O2S/c1-15-23-19(25-18-7-2-3-8-22-18)14-20(24-15)26-9-11-27(12-10-26)30(28,29)17-6-4-5-16(21)13-17/h2-8,13-14H,9-12H2,1H3,(H,22,23,24,25). The van der Waals surface area contributed by atoms with Crippen LogP contribution in [-0.2, 0) is 10.0 Å². The second-order valence-corrected chi connectivity index (χ2v) is 8.79. The maximum absolute atomic E-state index is 13.5. The third-order valence-electron chi connectivity index (χ3n) is 4.74. The van der Waals surface area contributed by atoms with Crippen LogP contribution in [0.1, 0.15) is 5.82 Å². The Labute approximate surface area is 174 Å². The largest absolute Gasteiger partial charge is 0.354 e. The van der Waals surface area contributed by atoms with E-state index in [-0.39, 0.29) is 18.0 Å². The van der Waals surface area contributed by atoms with Crippen LogP contribution in [0.5, 0.6) is 0 Å². The molecule has 2 aromatic heterocycles. The van der Waals surface area contributed by atoms with Gasteiger partial charge in [0.25, 0.3) is 0 Å². The van der Waals surface area contributed by atoms with Crippen molar-refractivity contribution in [1.82, 2.24) is 19.3 Å². The molecule has 1 N–H and O–H groups in total. The molecule has 0 unspecified atom stereocenters. The molecule has 0 atom stereocenters. The molecule has 0 amide bonds. The molecule has 1 aromatic carbocycles. The Balaban J connectivity index is 1.47. The van der Waals surface area contributed by atoms with E-state index in [2.05, 4.69) is 20.3 Å². The average molecular weight is 428 g/mol. The Kier molecular flexibility index (Phi) is 5.60. The van der Waals surface area contributed by atoms with Crippen LogP contribution in [0, 0.1) is 12.7 Å². The van der Waals surface area contributed by atoms with E-state index in [0.29, 0.717) is 36.4 Å². The lowest BCUT2D eigenvalue weighted by Gasteiger charge is -2.34. The third-order valence-corrected chi connectivity index (χ3v) is 6.64. The summed E-state index contributed by atoms with van der Waals surface area (Å²) >= 11 is 0. The van der Waals surface area contributed by atoms with Gasteiger partial charge in [-0.2, -0.15) is 4.31 Å². The SMILES string of the molecule is Cc1nc(Nc2ccccn2)cc(N2CCN(S(=O)(=O)c3cccc(F)c3)CC2)n1. The second kappa shape index (κ2) is 8.33. The van der Waals surface area contributed by atoms with Crippen molar-refractivity contribution in [3.05, 3.63) is 66.4 Å². The Hall–Kier alpha value is -3.11. The highest BCUT2D eigenvalue weighted by Gasteiger charge is 2.29. The first-order valence-electron chi connectivity index (χ1n) is 9.46. The van der Waals surface area contributed by atoms with Gasteiger partial charge in [-0.1, -0.05) is 12.1 Å². The van der Waals surface area contributed by atoms with Crippen LogP contribution >= 0.6 is 0 Å². The topological polar surface area (TPSA) is 91.3 Å². The highest BCUT2D eigenvalue weighted by molar-refractivity contribution is 7.89. The molecule has 8 nitrogen and oxygen atoms in total. The molecule has 0 spiro atoms. The number of nitrogens with zero attached hydrogens (tertiary/aromatic N) is 5. The number of sulfonamides is 1. The number of piperazine rings is 1. The van der Waals surface area contributed by atoms with E-state index in [1.165, 1.54) is 22.5 Å². The number of benzene rings is 1. The predicted octanol–water partition coefficient (Wildman–Crippen LogP) is 2.57. The summed E-state index contributed by atoms with van der Waals surface area (Å²) in [4.78, 5) is 15.1. The summed E-state index contributed by atoms with van der Waals surface area (Å²) in [5.74, 6) is 2.03. The van der Waals surface area contributed by atoms with Gasteiger partial charge < -0.3 is 10.2 Å². The predicted molar refractivity (Wildman–Crippen MR) is 112 cm³/mol. The van der Waals surface area contributed by atoms with Gasteiger partial charge in [0.15, 0.2) is 0 Å². The van der Waals surface area contributed by atoms with Gasteiger partial charge in [0.2, 0.25) is 10.0 Å². The molecular weight excluding hydrogens is 407 g/mol. The molecule has 4 rings (SSSR count). The lowest BCUT2D eigenvalue weighted by molar-refractivity contribution is 0.383. The van der Waals surface area contributed by atoms with Crippen LogP contribution in [0.4, 0.5) is 21.8 Å². The molecule has 3 aromatic rings. The van der Waals surface area contributed by atoms with Crippen LogP contribution in [0.2, 0.25) is 0 Å². The number of rotatable bonds is 5. The third kappa shape index (κ3) is 4.39. The van der Waals surface area contributed by atoms with Crippen molar-refractivity contribution >= 4 is 27.5 Å². The summed E-state index contributed by atoms with van der Waals surface area (Å²) < 4.78 is 40.4. The number of aromatic nitrogens is 3. The fourth-order valence-corrected chi connectivity index (χ4v) is 4.73. The fraction of sp³-hybridized carbons (Fsp3) is 0.250. The van der Waals surface area contributed by atoms with Gasteiger partial charge in [-0.25, -0.2) is 27.8 Å². The van der Waals surface area contributed by atoms with Crippen LogP contribution < -0.4 is 10.2 Å². The van der Waals surface area contributed by atoms with E-state index in [9.17, 15) is 12.8 Å². The number of hydrogen-bond donors (Lipinski definition) is 1. The van der Waals surface area contributed by atoms with Gasteiger partial charge in [-0.3, -0.25) is 0 Å². The van der Waals surface area contributed by atoms with Gasteiger partial charge in [0, 0.05) is 38.4 Å². The normalized spacial score (nSPS) is 15.2. The minimum atomic E-state index is -3.73. The molecule has 1 saturated heterocycles. The van der Waals surface area contributed by atoms with E-state index in [0.717, 1.165) is 6.07 Å². The zero-order chi connectivity index (χ0) is 21.1. The van der Waals surface area contributed by atoms with E-state index < -0.39 is 15.8 Å². The van der Waals surface area contributed by atoms with E-state index in [1.807, 2.05) is 29.2 Å². The molecular formula is C20H21FN6O2S. The molecule has 10 heteroatoms. The van der Waals surface area contributed by atoms with Crippen LogP contribution in [0.25, 0.3) is 0 Å². The molecule has 3 heterocycles. The number of aryl methyl sites for hydroxylation is 1. The molecule has 1 fully saturated rings. The van der Waals surface area contributed by atoms with Crippen LogP contribution in [-0.4, -0.2) is 53.9 Å². The highest BCUT2D eigenvalue weighted by atomic mass is 32.2. The lowest BCUT2D eigenvalue weighted by Crippen LogP contribution is -2.49. The Morgan fingerprint density at radius 2 is 1.77 bits per heavy atom. The fourth-order valence-electron chi connectivity index (χ4n) is 3.28. The van der Waals surface area contributed by atoms with Gasteiger partial charge in [-0.15, -0.1) is 0 Å². The van der Waals surface area contributed by atoms with Crippen molar-refractivity contribution in [2.45, 2.75) is 11.8 Å². The molecule has 1 aliphatic rings. The maximum atomic E-state index is 13.5. The number of pyridine rings is 1. The number of anilines is 3. The van der Waals surface area contributed by atoms with Crippen molar-refractivity contribution in [2.75, 3.05) is 36.4 Å².